The van der Waals surface area contributed by atoms with E-state index in [1.165, 1.54) is 19.2 Å². The molecule has 0 heterocycles. The highest BCUT2D eigenvalue weighted by Crippen LogP contribution is 2.31. The van der Waals surface area contributed by atoms with E-state index in [1.807, 2.05) is 6.07 Å². The molecule has 3 rings (SSSR count). The summed E-state index contributed by atoms with van der Waals surface area (Å²) in [7, 11) is -2.31. The topological polar surface area (TPSA) is 113 Å². The molecule has 0 saturated carbocycles. The number of carbonyl (C=O) groups excluding carboxylic acids is 1. The van der Waals surface area contributed by atoms with E-state index in [-0.39, 0.29) is 16.4 Å². The molecule has 0 N–H and O–H groups in total. The Hall–Kier alpha value is -2.94. The number of methoxy groups -OCH3 is 1. The first kappa shape index (κ1) is 19.8. The molecule has 2 aromatic carbocycles. The summed E-state index contributed by atoms with van der Waals surface area (Å²) in [5.41, 5.74) is 1.75. The van der Waals surface area contributed by atoms with Crippen LogP contribution in [0.4, 0.5) is 5.69 Å². The molecule has 1 aliphatic rings. The molecule has 0 aliphatic heterocycles. The van der Waals surface area contributed by atoms with Crippen LogP contribution in [0.2, 0.25) is 0 Å². The summed E-state index contributed by atoms with van der Waals surface area (Å²) in [5.74, 6) is -1.32. The highest BCUT2D eigenvalue weighted by molar-refractivity contribution is 7.91. The maximum atomic E-state index is 12.5. The molecule has 9 heteroatoms. The monoisotopic (exact) mass is 405 g/mol. The number of nitro groups is 1. The van der Waals surface area contributed by atoms with Gasteiger partial charge in [0, 0.05) is 0 Å². The van der Waals surface area contributed by atoms with Crippen molar-refractivity contribution >= 4 is 21.5 Å². The summed E-state index contributed by atoms with van der Waals surface area (Å²) < 4.78 is 35.0. The zero-order chi connectivity index (χ0) is 20.3. The molecule has 8 nitrogen and oxygen atoms in total. The van der Waals surface area contributed by atoms with E-state index in [2.05, 4.69) is 0 Å². The lowest BCUT2D eigenvalue weighted by atomic mass is 10.1. The Morgan fingerprint density at radius 1 is 1.14 bits per heavy atom. The number of aryl methyl sites for hydroxylation is 2. The number of nitrogens with zero attached hydrogens (tertiary/aromatic N) is 1. The summed E-state index contributed by atoms with van der Waals surface area (Å²) in [6.07, 6.45) is 2.39. The van der Waals surface area contributed by atoms with Crippen molar-refractivity contribution in [3.05, 3.63) is 57.6 Å². The van der Waals surface area contributed by atoms with Gasteiger partial charge < -0.3 is 9.47 Å². The summed E-state index contributed by atoms with van der Waals surface area (Å²) in [6.45, 7) is 0. The van der Waals surface area contributed by atoms with Crippen molar-refractivity contribution in [2.45, 2.75) is 30.6 Å². The summed E-state index contributed by atoms with van der Waals surface area (Å²) in [4.78, 5) is 22.7. The van der Waals surface area contributed by atoms with Gasteiger partial charge >= 0.3 is 11.7 Å². The number of fused-ring (bicyclic) bond motifs is 1. The van der Waals surface area contributed by atoms with Gasteiger partial charge in [-0.1, -0.05) is 6.07 Å². The first-order valence-electron chi connectivity index (χ1n) is 8.68. The largest absolute Gasteiger partial charge is 0.496 e. The molecule has 0 fully saturated rings. The number of hydrogen-bond donors (Lipinski definition) is 0. The highest BCUT2D eigenvalue weighted by Gasteiger charge is 2.23. The van der Waals surface area contributed by atoms with Crippen LogP contribution in [0.3, 0.4) is 0 Å². The van der Waals surface area contributed by atoms with E-state index in [9.17, 15) is 23.3 Å². The molecule has 0 bridgehead atoms. The standard InChI is InChI=1S/C19H19NO7S/c1-26-15-6-8-18(17(12-15)20(22)23)27-19(21)9-10-28(24,25)16-7-5-13-3-2-4-14(13)11-16/h5-8,11-12H,2-4,9-10H2,1H3. The van der Waals surface area contributed by atoms with Crippen LogP contribution in [0.1, 0.15) is 24.0 Å². The summed E-state index contributed by atoms with van der Waals surface area (Å²) in [6, 6.07) is 8.81. The molecular formula is C19H19NO7S. The third-order valence-electron chi connectivity index (χ3n) is 4.59. The fourth-order valence-electron chi connectivity index (χ4n) is 3.10. The number of nitro benzene ring substituents is 1. The van der Waals surface area contributed by atoms with Crippen LogP contribution in [-0.2, 0) is 27.5 Å². The van der Waals surface area contributed by atoms with Crippen molar-refractivity contribution in [1.29, 1.82) is 0 Å². The molecule has 0 aromatic heterocycles. The van der Waals surface area contributed by atoms with Gasteiger partial charge in [-0.25, -0.2) is 8.42 Å². The first-order valence-corrected chi connectivity index (χ1v) is 10.3. The van der Waals surface area contributed by atoms with E-state index in [0.29, 0.717) is 0 Å². The molecular weight excluding hydrogens is 386 g/mol. The van der Waals surface area contributed by atoms with E-state index >= 15 is 0 Å². The summed E-state index contributed by atoms with van der Waals surface area (Å²) in [5, 5.41) is 11.1. The Balaban J connectivity index is 1.68. The van der Waals surface area contributed by atoms with Crippen LogP contribution in [0.15, 0.2) is 41.3 Å². The molecule has 0 atom stereocenters. The Morgan fingerprint density at radius 3 is 2.61 bits per heavy atom. The average Bonchev–Trinajstić information content (AvgIpc) is 3.14. The molecule has 2 aromatic rings. The van der Waals surface area contributed by atoms with Crippen molar-refractivity contribution in [2.75, 3.05) is 12.9 Å². The van der Waals surface area contributed by atoms with Crippen molar-refractivity contribution < 1.29 is 27.6 Å². The van der Waals surface area contributed by atoms with Crippen molar-refractivity contribution in [3.63, 3.8) is 0 Å². The minimum Gasteiger partial charge on any atom is -0.496 e. The van der Waals surface area contributed by atoms with Gasteiger partial charge in [0.25, 0.3) is 0 Å². The number of carbonyl (C=O) groups is 1. The highest BCUT2D eigenvalue weighted by atomic mass is 32.2. The van der Waals surface area contributed by atoms with Crippen LogP contribution in [0.25, 0.3) is 0 Å². The number of benzene rings is 2. The molecule has 0 saturated heterocycles. The van der Waals surface area contributed by atoms with Crippen LogP contribution in [0.5, 0.6) is 11.5 Å². The van der Waals surface area contributed by atoms with Crippen molar-refractivity contribution in [2.24, 2.45) is 0 Å². The Bertz CT molecular complexity index is 1030. The lowest BCUT2D eigenvalue weighted by Gasteiger charge is -2.08. The number of sulfone groups is 1. The molecule has 0 amide bonds. The average molecular weight is 405 g/mol. The van der Waals surface area contributed by atoms with Gasteiger partial charge in [-0.05, 0) is 54.7 Å². The van der Waals surface area contributed by atoms with Gasteiger partial charge in [0.15, 0.2) is 9.84 Å². The second kappa shape index (κ2) is 7.97. The number of rotatable bonds is 7. The molecule has 1 aliphatic carbocycles. The Kier molecular flexibility index (Phi) is 5.64. The smallest absolute Gasteiger partial charge is 0.315 e. The second-order valence-corrected chi connectivity index (χ2v) is 8.53. The van der Waals surface area contributed by atoms with Gasteiger partial charge in [-0.3, -0.25) is 14.9 Å². The number of esters is 1. The maximum absolute atomic E-state index is 12.5. The van der Waals surface area contributed by atoms with E-state index < -0.39 is 38.6 Å². The summed E-state index contributed by atoms with van der Waals surface area (Å²) >= 11 is 0. The third kappa shape index (κ3) is 4.30. The fraction of sp³-hybridized carbons (Fsp3) is 0.316. The third-order valence-corrected chi connectivity index (χ3v) is 6.30. The normalized spacial score (nSPS) is 13.0. The van der Waals surface area contributed by atoms with Crippen LogP contribution in [-0.4, -0.2) is 32.2 Å². The van der Waals surface area contributed by atoms with Gasteiger partial charge in [0.2, 0.25) is 5.75 Å². The minimum absolute atomic E-state index is 0.177. The predicted octanol–water partition coefficient (Wildman–Crippen LogP) is 2.86. The zero-order valence-electron chi connectivity index (χ0n) is 15.2. The van der Waals surface area contributed by atoms with Gasteiger partial charge in [-0.15, -0.1) is 0 Å². The van der Waals surface area contributed by atoms with Gasteiger partial charge in [0.05, 0.1) is 35.2 Å². The van der Waals surface area contributed by atoms with Crippen LogP contribution < -0.4 is 9.47 Å². The number of hydrogen-bond acceptors (Lipinski definition) is 7. The fourth-order valence-corrected chi connectivity index (χ4v) is 4.37. The van der Waals surface area contributed by atoms with Crippen LogP contribution in [0, 0.1) is 10.1 Å². The predicted molar refractivity (Wildman–Crippen MR) is 100 cm³/mol. The molecule has 148 valence electrons. The van der Waals surface area contributed by atoms with Crippen molar-refractivity contribution in [1.82, 2.24) is 0 Å². The number of ether oxygens (including phenoxy) is 2. The lowest BCUT2D eigenvalue weighted by Crippen LogP contribution is -2.16. The van der Waals surface area contributed by atoms with E-state index in [4.69, 9.17) is 9.47 Å². The SMILES string of the molecule is COc1ccc(OC(=O)CCS(=O)(=O)c2ccc3c(c2)CCC3)c([N+](=O)[O-])c1. The molecule has 0 radical (unpaired) electrons. The Morgan fingerprint density at radius 2 is 1.89 bits per heavy atom. The minimum atomic E-state index is -3.66. The molecule has 28 heavy (non-hydrogen) atoms. The molecule has 0 unspecified atom stereocenters. The van der Waals surface area contributed by atoms with Crippen molar-refractivity contribution in [3.8, 4) is 11.5 Å². The zero-order valence-corrected chi connectivity index (χ0v) is 16.0. The Labute approximate surface area is 162 Å². The maximum Gasteiger partial charge on any atom is 0.315 e. The van der Waals surface area contributed by atoms with Gasteiger partial charge in [-0.2, -0.15) is 0 Å². The van der Waals surface area contributed by atoms with E-state index in [0.717, 1.165) is 36.5 Å². The first-order chi connectivity index (χ1) is 13.3. The second-order valence-electron chi connectivity index (χ2n) is 6.42. The lowest BCUT2D eigenvalue weighted by molar-refractivity contribution is -0.385. The van der Waals surface area contributed by atoms with Gasteiger partial charge in [0.1, 0.15) is 5.75 Å². The van der Waals surface area contributed by atoms with E-state index in [1.54, 1.807) is 12.1 Å². The quantitative estimate of drug-likeness (QED) is 0.301. The molecule has 0 spiro atoms. The van der Waals surface area contributed by atoms with Crippen LogP contribution >= 0.6 is 0 Å².